The van der Waals surface area contributed by atoms with Gasteiger partial charge in [-0.05, 0) is 37.8 Å². The Morgan fingerprint density at radius 2 is 1.96 bits per heavy atom. The van der Waals surface area contributed by atoms with E-state index in [1.54, 1.807) is 0 Å². The summed E-state index contributed by atoms with van der Waals surface area (Å²) in [7, 11) is -3.21. The lowest BCUT2D eigenvalue weighted by atomic mass is 9.97. The molecule has 1 atom stereocenters. The Hall–Kier alpha value is -2.25. The molecule has 144 valence electrons. The smallest absolute Gasteiger partial charge is 0.255 e. The van der Waals surface area contributed by atoms with Gasteiger partial charge in [0.05, 0.1) is 23.2 Å². The highest BCUT2D eigenvalue weighted by Crippen LogP contribution is 2.22. The predicted octanol–water partition coefficient (Wildman–Crippen LogP) is 2.46. The molecule has 0 aliphatic carbocycles. The second kappa shape index (κ2) is 8.19. The van der Waals surface area contributed by atoms with E-state index in [1.165, 1.54) is 0 Å². The van der Waals surface area contributed by atoms with E-state index < -0.39 is 10.0 Å². The Balaban J connectivity index is 1.71. The fraction of sp³-hybridized carbons (Fsp3) is 0.400. The molecule has 1 aromatic heterocycles. The maximum atomic E-state index is 13.0. The van der Waals surface area contributed by atoms with E-state index in [0.717, 1.165) is 30.4 Å². The summed E-state index contributed by atoms with van der Waals surface area (Å²) in [5.41, 5.74) is 3.17. The molecule has 27 heavy (non-hydrogen) atoms. The Kier molecular flexibility index (Phi) is 5.92. The number of benzene rings is 1. The fourth-order valence-corrected chi connectivity index (χ4v) is 3.95. The van der Waals surface area contributed by atoms with Crippen LogP contribution in [-0.4, -0.2) is 50.1 Å². The summed E-state index contributed by atoms with van der Waals surface area (Å²) < 4.78 is 25.2. The number of piperidine rings is 1. The van der Waals surface area contributed by atoms with E-state index >= 15 is 0 Å². The van der Waals surface area contributed by atoms with Gasteiger partial charge in [-0.2, -0.15) is 0 Å². The minimum absolute atomic E-state index is 0.0383. The summed E-state index contributed by atoms with van der Waals surface area (Å²) in [4.78, 5) is 19.4. The van der Waals surface area contributed by atoms with Crippen molar-refractivity contribution in [3.63, 3.8) is 0 Å². The van der Waals surface area contributed by atoms with E-state index in [-0.39, 0.29) is 11.8 Å². The van der Waals surface area contributed by atoms with Crippen LogP contribution in [0.25, 0.3) is 11.3 Å². The van der Waals surface area contributed by atoms with Gasteiger partial charge in [0.15, 0.2) is 0 Å². The molecule has 1 N–H and O–H groups in total. The highest BCUT2D eigenvalue weighted by molar-refractivity contribution is 7.88. The highest BCUT2D eigenvalue weighted by Gasteiger charge is 2.26. The maximum absolute atomic E-state index is 13.0. The fourth-order valence-electron chi connectivity index (χ4n) is 3.41. The normalized spacial score (nSPS) is 17.7. The number of sulfonamides is 1. The van der Waals surface area contributed by atoms with Crippen LogP contribution < -0.4 is 4.72 Å². The molecular formula is C20H25N3O3S. The number of rotatable bonds is 5. The predicted molar refractivity (Wildman–Crippen MR) is 106 cm³/mol. The van der Waals surface area contributed by atoms with Crippen molar-refractivity contribution >= 4 is 15.9 Å². The van der Waals surface area contributed by atoms with Crippen LogP contribution in [0.2, 0.25) is 0 Å². The van der Waals surface area contributed by atoms with Crippen LogP contribution in [0.5, 0.6) is 0 Å². The molecule has 0 bridgehead atoms. The molecule has 2 heterocycles. The Bertz CT molecular complexity index is 913. The number of hydrogen-bond donors (Lipinski definition) is 1. The van der Waals surface area contributed by atoms with Gasteiger partial charge in [0.25, 0.3) is 5.91 Å². The number of carbonyl (C=O) groups is 1. The lowest BCUT2D eigenvalue weighted by molar-refractivity contribution is 0.0675. The number of amides is 1. The second-order valence-electron chi connectivity index (χ2n) is 7.08. The van der Waals surface area contributed by atoms with E-state index in [4.69, 9.17) is 0 Å². The number of hydrogen-bond acceptors (Lipinski definition) is 4. The number of nitrogens with zero attached hydrogens (tertiary/aromatic N) is 2. The Morgan fingerprint density at radius 1 is 1.22 bits per heavy atom. The Labute approximate surface area is 160 Å². The number of likely N-dealkylation sites (tertiary alicyclic amines) is 1. The second-order valence-corrected chi connectivity index (χ2v) is 8.91. The first-order valence-corrected chi connectivity index (χ1v) is 11.0. The largest absolute Gasteiger partial charge is 0.338 e. The lowest BCUT2D eigenvalue weighted by Crippen LogP contribution is -2.43. The molecule has 0 unspecified atom stereocenters. The van der Waals surface area contributed by atoms with E-state index in [1.807, 2.05) is 54.3 Å². The third kappa shape index (κ3) is 5.14. The third-order valence-electron chi connectivity index (χ3n) is 4.83. The standard InChI is InChI=1S/C20H25N3O3S/c1-15-18(10-11-19(22-15)17-8-4-3-5-9-17)20(24)23-12-6-7-16(14-23)13-21-27(2,25)26/h3-5,8-11,16,21H,6-7,12-14H2,1-2H3/t16-/m0/s1. The van der Waals surface area contributed by atoms with Crippen molar-refractivity contribution in [2.75, 3.05) is 25.9 Å². The zero-order valence-corrected chi connectivity index (χ0v) is 16.5. The summed E-state index contributed by atoms with van der Waals surface area (Å²) in [5.74, 6) is 0.0953. The monoisotopic (exact) mass is 387 g/mol. The first-order chi connectivity index (χ1) is 12.8. The van der Waals surface area contributed by atoms with Crippen molar-refractivity contribution < 1.29 is 13.2 Å². The van der Waals surface area contributed by atoms with Crippen LogP contribution in [0.15, 0.2) is 42.5 Å². The average Bonchev–Trinajstić information content (AvgIpc) is 2.66. The van der Waals surface area contributed by atoms with E-state index in [2.05, 4.69) is 9.71 Å². The topological polar surface area (TPSA) is 79.4 Å². The maximum Gasteiger partial charge on any atom is 0.255 e. The minimum Gasteiger partial charge on any atom is -0.338 e. The quantitative estimate of drug-likeness (QED) is 0.855. The molecule has 0 radical (unpaired) electrons. The summed E-state index contributed by atoms with van der Waals surface area (Å²) >= 11 is 0. The molecule has 1 aliphatic rings. The number of carbonyl (C=O) groups excluding carboxylic acids is 1. The van der Waals surface area contributed by atoms with Crippen LogP contribution in [0.3, 0.4) is 0 Å². The molecule has 0 saturated carbocycles. The van der Waals surface area contributed by atoms with Gasteiger partial charge in [-0.25, -0.2) is 13.1 Å². The molecule has 1 aliphatic heterocycles. The molecule has 1 aromatic carbocycles. The summed E-state index contributed by atoms with van der Waals surface area (Å²) in [6.07, 6.45) is 2.94. The van der Waals surface area contributed by atoms with Gasteiger partial charge in [-0.1, -0.05) is 30.3 Å². The van der Waals surface area contributed by atoms with Crippen LogP contribution in [0.1, 0.15) is 28.9 Å². The van der Waals surface area contributed by atoms with Gasteiger partial charge in [0, 0.05) is 25.2 Å². The van der Waals surface area contributed by atoms with Crippen molar-refractivity contribution in [1.29, 1.82) is 0 Å². The van der Waals surface area contributed by atoms with Gasteiger partial charge >= 0.3 is 0 Å². The zero-order valence-electron chi connectivity index (χ0n) is 15.7. The molecule has 3 rings (SSSR count). The SMILES string of the molecule is Cc1nc(-c2ccccc2)ccc1C(=O)N1CCC[C@@H](CNS(C)(=O)=O)C1. The van der Waals surface area contributed by atoms with Gasteiger partial charge in [-0.15, -0.1) is 0 Å². The Morgan fingerprint density at radius 3 is 2.63 bits per heavy atom. The van der Waals surface area contributed by atoms with Gasteiger partial charge < -0.3 is 4.90 Å². The van der Waals surface area contributed by atoms with Crippen LogP contribution >= 0.6 is 0 Å². The first kappa shape index (κ1) is 19.5. The number of aromatic nitrogens is 1. The van der Waals surface area contributed by atoms with Gasteiger partial charge in [-0.3, -0.25) is 9.78 Å². The number of pyridine rings is 1. The summed E-state index contributed by atoms with van der Waals surface area (Å²) in [5, 5.41) is 0. The molecule has 1 saturated heterocycles. The number of nitrogens with one attached hydrogen (secondary N) is 1. The van der Waals surface area contributed by atoms with Crippen molar-refractivity contribution in [3.05, 3.63) is 53.7 Å². The zero-order chi connectivity index (χ0) is 19.4. The van der Waals surface area contributed by atoms with Gasteiger partial charge in [0.2, 0.25) is 10.0 Å². The summed E-state index contributed by atoms with van der Waals surface area (Å²) in [6, 6.07) is 13.6. The number of aryl methyl sites for hydroxylation is 1. The molecule has 7 heteroatoms. The molecule has 2 aromatic rings. The van der Waals surface area contributed by atoms with Crippen LogP contribution in [0.4, 0.5) is 0 Å². The first-order valence-electron chi connectivity index (χ1n) is 9.10. The van der Waals surface area contributed by atoms with Crippen molar-refractivity contribution in [2.45, 2.75) is 19.8 Å². The van der Waals surface area contributed by atoms with Gasteiger partial charge in [0.1, 0.15) is 0 Å². The van der Waals surface area contributed by atoms with Crippen LogP contribution in [-0.2, 0) is 10.0 Å². The van der Waals surface area contributed by atoms with Crippen molar-refractivity contribution in [1.82, 2.24) is 14.6 Å². The molecule has 0 spiro atoms. The van der Waals surface area contributed by atoms with Crippen molar-refractivity contribution in [2.24, 2.45) is 5.92 Å². The average molecular weight is 388 g/mol. The molecule has 1 amide bonds. The molecule has 1 fully saturated rings. The molecular weight excluding hydrogens is 362 g/mol. The lowest BCUT2D eigenvalue weighted by Gasteiger charge is -2.33. The summed E-state index contributed by atoms with van der Waals surface area (Å²) in [6.45, 7) is 3.47. The highest BCUT2D eigenvalue weighted by atomic mass is 32.2. The minimum atomic E-state index is -3.21. The third-order valence-corrected chi connectivity index (χ3v) is 5.52. The van der Waals surface area contributed by atoms with E-state index in [0.29, 0.717) is 30.9 Å². The molecule has 6 nitrogen and oxygen atoms in total. The van der Waals surface area contributed by atoms with Crippen molar-refractivity contribution in [3.8, 4) is 11.3 Å². The van der Waals surface area contributed by atoms with E-state index in [9.17, 15) is 13.2 Å². The van der Waals surface area contributed by atoms with Crippen LogP contribution in [0, 0.1) is 12.8 Å².